The van der Waals surface area contributed by atoms with Crippen LogP contribution in [0.3, 0.4) is 0 Å². The van der Waals surface area contributed by atoms with Gasteiger partial charge in [-0.1, -0.05) is 53.5 Å². The lowest BCUT2D eigenvalue weighted by atomic mass is 10.0. The number of terminal acetylenes is 1. The van der Waals surface area contributed by atoms with Gasteiger partial charge in [0.05, 0.1) is 25.5 Å². The SMILES string of the molecule is C#CCOC[C@H](O)CN(Cc1cccc(OC)c1)C[C@H]1CC(c2ccccc2)=NO1. The van der Waals surface area contributed by atoms with Crippen LogP contribution < -0.4 is 4.74 Å². The van der Waals surface area contributed by atoms with E-state index < -0.39 is 6.10 Å². The molecule has 2 aromatic carbocycles. The summed E-state index contributed by atoms with van der Waals surface area (Å²) in [6.07, 6.45) is 5.20. The summed E-state index contributed by atoms with van der Waals surface area (Å²) in [6, 6.07) is 17.9. The van der Waals surface area contributed by atoms with Gasteiger partial charge in [0.2, 0.25) is 0 Å². The second-order valence-corrected chi connectivity index (χ2v) is 7.25. The molecule has 3 rings (SSSR count). The molecule has 0 unspecified atom stereocenters. The maximum absolute atomic E-state index is 10.4. The first-order valence-electron chi connectivity index (χ1n) is 10.0. The van der Waals surface area contributed by atoms with Crippen molar-refractivity contribution in [1.82, 2.24) is 4.90 Å². The number of aliphatic hydroxyl groups excluding tert-OH is 1. The Morgan fingerprint density at radius 1 is 1.27 bits per heavy atom. The molecule has 6 heteroatoms. The van der Waals surface area contributed by atoms with Gasteiger partial charge in [-0.25, -0.2) is 0 Å². The highest BCUT2D eigenvalue weighted by Crippen LogP contribution is 2.20. The van der Waals surface area contributed by atoms with Gasteiger partial charge in [-0.15, -0.1) is 6.42 Å². The van der Waals surface area contributed by atoms with Crippen LogP contribution in [0.5, 0.6) is 5.75 Å². The monoisotopic (exact) mass is 408 g/mol. The molecule has 0 radical (unpaired) electrons. The average Bonchev–Trinajstić information content (AvgIpc) is 3.23. The Morgan fingerprint density at radius 2 is 2.10 bits per heavy atom. The third kappa shape index (κ3) is 6.60. The third-order valence-corrected chi connectivity index (χ3v) is 4.81. The van der Waals surface area contributed by atoms with Crippen molar-refractivity contribution in [3.05, 3.63) is 65.7 Å². The van der Waals surface area contributed by atoms with Gasteiger partial charge in [-0.2, -0.15) is 0 Å². The molecule has 0 spiro atoms. The van der Waals surface area contributed by atoms with Crippen molar-refractivity contribution in [3.63, 3.8) is 0 Å². The fourth-order valence-electron chi connectivity index (χ4n) is 3.45. The van der Waals surface area contributed by atoms with E-state index in [1.807, 2.05) is 54.6 Å². The molecule has 0 aromatic heterocycles. The zero-order valence-corrected chi connectivity index (χ0v) is 17.2. The Labute approximate surface area is 178 Å². The van der Waals surface area contributed by atoms with Crippen molar-refractivity contribution in [2.24, 2.45) is 5.16 Å². The van der Waals surface area contributed by atoms with Crippen LogP contribution in [0.4, 0.5) is 0 Å². The molecule has 0 fully saturated rings. The molecule has 30 heavy (non-hydrogen) atoms. The summed E-state index contributed by atoms with van der Waals surface area (Å²) in [5.41, 5.74) is 3.11. The number of methoxy groups -OCH3 is 1. The maximum Gasteiger partial charge on any atom is 0.145 e. The molecule has 0 bridgehead atoms. The standard InChI is InChI=1S/C24H28N2O4/c1-3-12-29-18-21(27)16-26(15-19-8-7-11-22(13-19)28-2)17-23-14-24(25-30-23)20-9-5-4-6-10-20/h1,4-11,13,21,23,27H,12,14-18H2,2H3/t21-,23-/m1/s1. The number of hydrogen-bond acceptors (Lipinski definition) is 6. The van der Waals surface area contributed by atoms with Crippen LogP contribution in [0.1, 0.15) is 17.5 Å². The molecule has 0 amide bonds. The fraction of sp³-hybridized carbons (Fsp3) is 0.375. The van der Waals surface area contributed by atoms with Crippen molar-refractivity contribution in [1.29, 1.82) is 0 Å². The normalized spacial score (nSPS) is 16.6. The first-order chi connectivity index (χ1) is 14.7. The number of ether oxygens (including phenoxy) is 2. The van der Waals surface area contributed by atoms with Gasteiger partial charge < -0.3 is 19.4 Å². The summed E-state index contributed by atoms with van der Waals surface area (Å²) in [5.74, 6) is 3.21. The molecule has 6 nitrogen and oxygen atoms in total. The van der Waals surface area contributed by atoms with Gasteiger partial charge in [-0.05, 0) is 23.3 Å². The van der Waals surface area contributed by atoms with Gasteiger partial charge in [0, 0.05) is 26.1 Å². The Balaban J connectivity index is 1.62. The fourth-order valence-corrected chi connectivity index (χ4v) is 3.45. The Hall–Kier alpha value is -2.85. The number of oxime groups is 1. The minimum absolute atomic E-state index is 0.0790. The van der Waals surface area contributed by atoms with Gasteiger partial charge >= 0.3 is 0 Å². The molecule has 158 valence electrons. The van der Waals surface area contributed by atoms with Gasteiger partial charge in [0.1, 0.15) is 18.5 Å². The van der Waals surface area contributed by atoms with Crippen LogP contribution >= 0.6 is 0 Å². The molecule has 0 saturated carbocycles. The molecule has 1 N–H and O–H groups in total. The number of rotatable bonds is 11. The summed E-state index contributed by atoms with van der Waals surface area (Å²) in [6.45, 7) is 2.08. The van der Waals surface area contributed by atoms with Gasteiger partial charge in [0.15, 0.2) is 0 Å². The van der Waals surface area contributed by atoms with Crippen LogP contribution in [-0.2, 0) is 16.1 Å². The molecule has 1 aliphatic heterocycles. The highest BCUT2D eigenvalue weighted by molar-refractivity contribution is 6.01. The largest absolute Gasteiger partial charge is 0.497 e. The van der Waals surface area contributed by atoms with E-state index in [0.29, 0.717) is 19.6 Å². The molecular formula is C24H28N2O4. The Kier molecular flexibility index (Phi) is 8.28. The van der Waals surface area contributed by atoms with Crippen molar-refractivity contribution in [2.75, 3.05) is 33.4 Å². The van der Waals surface area contributed by atoms with Crippen molar-refractivity contribution in [3.8, 4) is 18.1 Å². The van der Waals surface area contributed by atoms with Crippen LogP contribution in [0.25, 0.3) is 0 Å². The zero-order valence-electron chi connectivity index (χ0n) is 17.2. The highest BCUT2D eigenvalue weighted by atomic mass is 16.6. The van der Waals surface area contributed by atoms with Crippen molar-refractivity contribution >= 4 is 5.71 Å². The topological polar surface area (TPSA) is 63.5 Å². The zero-order chi connectivity index (χ0) is 21.2. The summed E-state index contributed by atoms with van der Waals surface area (Å²) < 4.78 is 10.6. The van der Waals surface area contributed by atoms with Gasteiger partial charge in [0.25, 0.3) is 0 Å². The molecule has 0 aliphatic carbocycles. The van der Waals surface area contributed by atoms with Crippen LogP contribution in [-0.4, -0.2) is 61.3 Å². The second kappa shape index (κ2) is 11.4. The van der Waals surface area contributed by atoms with E-state index in [4.69, 9.17) is 20.7 Å². The van der Waals surface area contributed by atoms with E-state index in [9.17, 15) is 5.11 Å². The smallest absolute Gasteiger partial charge is 0.145 e. The second-order valence-electron chi connectivity index (χ2n) is 7.25. The van der Waals surface area contributed by atoms with E-state index in [0.717, 1.165) is 29.0 Å². The molecule has 1 heterocycles. The summed E-state index contributed by atoms with van der Waals surface area (Å²) in [7, 11) is 1.65. The summed E-state index contributed by atoms with van der Waals surface area (Å²) in [4.78, 5) is 7.84. The number of aliphatic hydroxyl groups is 1. The highest BCUT2D eigenvalue weighted by Gasteiger charge is 2.25. The summed E-state index contributed by atoms with van der Waals surface area (Å²) >= 11 is 0. The third-order valence-electron chi connectivity index (χ3n) is 4.81. The van der Waals surface area contributed by atoms with Crippen LogP contribution in [0.2, 0.25) is 0 Å². The lowest BCUT2D eigenvalue weighted by Crippen LogP contribution is -2.39. The van der Waals surface area contributed by atoms with Crippen molar-refractivity contribution in [2.45, 2.75) is 25.2 Å². The van der Waals surface area contributed by atoms with Crippen molar-refractivity contribution < 1.29 is 19.4 Å². The van der Waals surface area contributed by atoms with Crippen LogP contribution in [0.15, 0.2) is 59.8 Å². The molecule has 2 atom stereocenters. The molecule has 2 aromatic rings. The average molecular weight is 408 g/mol. The number of benzene rings is 2. The van der Waals surface area contributed by atoms with E-state index in [1.54, 1.807) is 7.11 Å². The Bertz CT molecular complexity index is 863. The maximum atomic E-state index is 10.4. The van der Waals surface area contributed by atoms with E-state index in [2.05, 4.69) is 16.0 Å². The first kappa shape index (κ1) is 21.8. The molecule has 0 saturated heterocycles. The van der Waals surface area contributed by atoms with E-state index >= 15 is 0 Å². The van der Waals surface area contributed by atoms with E-state index in [1.165, 1.54) is 0 Å². The predicted molar refractivity (Wildman–Crippen MR) is 116 cm³/mol. The van der Waals surface area contributed by atoms with Crippen LogP contribution in [0, 0.1) is 12.3 Å². The molecule has 1 aliphatic rings. The lowest BCUT2D eigenvalue weighted by Gasteiger charge is -2.27. The summed E-state index contributed by atoms with van der Waals surface area (Å²) in [5, 5.41) is 14.7. The minimum Gasteiger partial charge on any atom is -0.497 e. The Morgan fingerprint density at radius 3 is 2.87 bits per heavy atom. The minimum atomic E-state index is -0.653. The quantitative estimate of drug-likeness (QED) is 0.458. The molecular weight excluding hydrogens is 380 g/mol. The first-order valence-corrected chi connectivity index (χ1v) is 10.0. The number of hydrogen-bond donors (Lipinski definition) is 1. The number of nitrogens with zero attached hydrogens (tertiary/aromatic N) is 2. The lowest BCUT2D eigenvalue weighted by molar-refractivity contribution is 0.00417. The predicted octanol–water partition coefficient (Wildman–Crippen LogP) is 2.70. The van der Waals surface area contributed by atoms with E-state index in [-0.39, 0.29) is 19.3 Å². The van der Waals surface area contributed by atoms with Gasteiger partial charge in [-0.3, -0.25) is 4.90 Å².